The number of hydrogen-bond donors (Lipinski definition) is 1. The van der Waals surface area contributed by atoms with E-state index in [1.54, 1.807) is 12.1 Å². The molecule has 0 fully saturated rings. The Hall–Kier alpha value is -0.250. The molecular weight excluding hydrogens is 221 g/mol. The van der Waals surface area contributed by atoms with Gasteiger partial charge in [0.15, 0.2) is 0 Å². The van der Waals surface area contributed by atoms with E-state index in [1.807, 2.05) is 12.1 Å². The first-order valence-corrected chi connectivity index (χ1v) is 5.67. The van der Waals surface area contributed by atoms with Crippen LogP contribution in [-0.2, 0) is 0 Å². The molecule has 0 bridgehead atoms. The van der Waals surface area contributed by atoms with Crippen LogP contribution in [0.25, 0.3) is 0 Å². The Kier molecular flexibility index (Phi) is 4.23. The zero-order chi connectivity index (χ0) is 10.6. The highest BCUT2D eigenvalue weighted by Crippen LogP contribution is 2.25. The van der Waals surface area contributed by atoms with Crippen LogP contribution in [0.1, 0.15) is 6.92 Å². The molecule has 0 radical (unpaired) electrons. The second-order valence-corrected chi connectivity index (χ2v) is 4.85. The highest BCUT2D eigenvalue weighted by atomic mass is 35.5. The number of hydrogen-bond acceptors (Lipinski definition) is 2. The number of thioether (sulfide) groups is 1. The molecule has 0 aliphatic rings. The average molecular weight is 234 g/mol. The Morgan fingerprint density at radius 1 is 1.43 bits per heavy atom. The van der Waals surface area contributed by atoms with E-state index in [-0.39, 0.29) is 6.54 Å². The molecule has 0 aromatic heterocycles. The number of halogens is 2. The number of alkyl halides is 1. The van der Waals surface area contributed by atoms with Gasteiger partial charge in [0, 0.05) is 22.2 Å². The van der Waals surface area contributed by atoms with Crippen molar-refractivity contribution in [2.45, 2.75) is 17.5 Å². The Balaban J connectivity index is 2.50. The van der Waals surface area contributed by atoms with Gasteiger partial charge in [-0.25, -0.2) is 4.39 Å². The largest absolute Gasteiger partial charge is 0.328 e. The molecule has 0 saturated heterocycles. The maximum absolute atomic E-state index is 13.4. The highest BCUT2D eigenvalue weighted by molar-refractivity contribution is 7.99. The predicted octanol–water partition coefficient (Wildman–Crippen LogP) is 3.12. The summed E-state index contributed by atoms with van der Waals surface area (Å²) in [5.74, 6) is 0.366. The van der Waals surface area contributed by atoms with Crippen molar-refractivity contribution >= 4 is 23.4 Å². The fraction of sp³-hybridized carbons (Fsp3) is 0.400. The minimum atomic E-state index is -1.30. The molecule has 14 heavy (non-hydrogen) atoms. The van der Waals surface area contributed by atoms with Crippen molar-refractivity contribution in [3.8, 4) is 0 Å². The van der Waals surface area contributed by atoms with Crippen LogP contribution in [0, 0.1) is 0 Å². The molecule has 0 aliphatic heterocycles. The highest BCUT2D eigenvalue weighted by Gasteiger charge is 2.20. The van der Waals surface area contributed by atoms with Gasteiger partial charge in [-0.3, -0.25) is 0 Å². The molecule has 1 aromatic carbocycles. The lowest BCUT2D eigenvalue weighted by molar-refractivity contribution is 0.234. The second kappa shape index (κ2) is 5.01. The number of rotatable bonds is 4. The zero-order valence-corrected chi connectivity index (χ0v) is 9.54. The van der Waals surface area contributed by atoms with E-state index in [0.717, 1.165) is 4.90 Å². The van der Waals surface area contributed by atoms with E-state index < -0.39 is 5.67 Å². The molecule has 78 valence electrons. The van der Waals surface area contributed by atoms with Crippen molar-refractivity contribution in [2.24, 2.45) is 5.73 Å². The van der Waals surface area contributed by atoms with Crippen molar-refractivity contribution < 1.29 is 4.39 Å². The summed E-state index contributed by atoms with van der Waals surface area (Å²) in [6, 6.07) is 7.34. The first kappa shape index (κ1) is 11.8. The molecule has 0 amide bonds. The fourth-order valence-corrected chi connectivity index (χ4v) is 1.86. The van der Waals surface area contributed by atoms with Crippen LogP contribution in [-0.4, -0.2) is 18.0 Å². The minimum Gasteiger partial charge on any atom is -0.328 e. The van der Waals surface area contributed by atoms with Crippen molar-refractivity contribution in [2.75, 3.05) is 12.3 Å². The number of benzene rings is 1. The molecule has 2 N–H and O–H groups in total. The molecule has 0 saturated carbocycles. The Morgan fingerprint density at radius 3 is 2.50 bits per heavy atom. The summed E-state index contributed by atoms with van der Waals surface area (Å²) in [5, 5.41) is 0.691. The molecular formula is C10H13ClFNS. The van der Waals surface area contributed by atoms with Crippen molar-refractivity contribution in [1.29, 1.82) is 0 Å². The summed E-state index contributed by atoms with van der Waals surface area (Å²) in [6.07, 6.45) is 0. The van der Waals surface area contributed by atoms with Crippen LogP contribution in [0.5, 0.6) is 0 Å². The molecule has 0 aliphatic carbocycles. The van der Waals surface area contributed by atoms with Gasteiger partial charge in [0.25, 0.3) is 0 Å². The zero-order valence-electron chi connectivity index (χ0n) is 7.97. The van der Waals surface area contributed by atoms with Crippen LogP contribution in [0.2, 0.25) is 5.02 Å². The first-order valence-electron chi connectivity index (χ1n) is 4.31. The molecule has 1 unspecified atom stereocenters. The van der Waals surface area contributed by atoms with Crippen LogP contribution in [0.3, 0.4) is 0 Å². The molecule has 0 spiro atoms. The van der Waals surface area contributed by atoms with Gasteiger partial charge in [0.2, 0.25) is 0 Å². The fourth-order valence-electron chi connectivity index (χ4n) is 0.824. The number of nitrogens with two attached hydrogens (primary N) is 1. The van der Waals surface area contributed by atoms with E-state index in [2.05, 4.69) is 0 Å². The maximum atomic E-state index is 13.4. The van der Waals surface area contributed by atoms with Crippen LogP contribution in [0.15, 0.2) is 29.2 Å². The summed E-state index contributed by atoms with van der Waals surface area (Å²) >= 11 is 7.17. The van der Waals surface area contributed by atoms with Crippen molar-refractivity contribution in [3.05, 3.63) is 29.3 Å². The van der Waals surface area contributed by atoms with Gasteiger partial charge in [-0.1, -0.05) is 11.6 Å². The Morgan fingerprint density at radius 2 is 2.00 bits per heavy atom. The van der Waals surface area contributed by atoms with E-state index >= 15 is 0 Å². The second-order valence-electron chi connectivity index (χ2n) is 3.36. The third-order valence-electron chi connectivity index (χ3n) is 1.78. The Labute approximate surface area is 92.8 Å². The van der Waals surface area contributed by atoms with Crippen LogP contribution in [0.4, 0.5) is 4.39 Å². The smallest absolute Gasteiger partial charge is 0.129 e. The van der Waals surface area contributed by atoms with Gasteiger partial charge in [-0.2, -0.15) is 0 Å². The third kappa shape index (κ3) is 3.86. The lowest BCUT2D eigenvalue weighted by atomic mass is 10.2. The van der Waals surface area contributed by atoms with Crippen LogP contribution >= 0.6 is 23.4 Å². The van der Waals surface area contributed by atoms with E-state index in [0.29, 0.717) is 10.8 Å². The molecule has 4 heteroatoms. The quantitative estimate of drug-likeness (QED) is 0.809. The molecule has 0 heterocycles. The Bertz CT molecular complexity index is 287. The molecule has 1 atom stereocenters. The lowest BCUT2D eigenvalue weighted by Crippen LogP contribution is -2.31. The molecule has 1 rings (SSSR count). The summed E-state index contributed by atoms with van der Waals surface area (Å²) < 4.78 is 13.4. The van der Waals surface area contributed by atoms with Gasteiger partial charge in [0.05, 0.1) is 0 Å². The SMILES string of the molecule is CC(F)(CN)CSc1ccc(Cl)cc1. The average Bonchev–Trinajstić information content (AvgIpc) is 2.17. The summed E-state index contributed by atoms with van der Waals surface area (Å²) in [6.45, 7) is 1.56. The molecule has 1 aromatic rings. The van der Waals surface area contributed by atoms with Crippen molar-refractivity contribution in [1.82, 2.24) is 0 Å². The monoisotopic (exact) mass is 233 g/mol. The molecule has 1 nitrogen and oxygen atoms in total. The van der Waals surface area contributed by atoms with Crippen molar-refractivity contribution in [3.63, 3.8) is 0 Å². The van der Waals surface area contributed by atoms with Crippen LogP contribution < -0.4 is 5.73 Å². The lowest BCUT2D eigenvalue weighted by Gasteiger charge is -2.16. The normalized spacial score (nSPS) is 15.1. The van der Waals surface area contributed by atoms with E-state index in [4.69, 9.17) is 17.3 Å². The van der Waals surface area contributed by atoms with E-state index in [1.165, 1.54) is 18.7 Å². The minimum absolute atomic E-state index is 0.0492. The standard InChI is InChI=1S/C10H13ClFNS/c1-10(12,6-13)7-14-9-4-2-8(11)3-5-9/h2-5H,6-7,13H2,1H3. The van der Waals surface area contributed by atoms with Gasteiger partial charge in [-0.05, 0) is 31.2 Å². The van der Waals surface area contributed by atoms with Gasteiger partial charge in [0.1, 0.15) is 5.67 Å². The summed E-state index contributed by atoms with van der Waals surface area (Å²) in [5.41, 5.74) is 3.98. The van der Waals surface area contributed by atoms with Gasteiger partial charge >= 0.3 is 0 Å². The van der Waals surface area contributed by atoms with E-state index in [9.17, 15) is 4.39 Å². The first-order chi connectivity index (χ1) is 6.53. The van der Waals surface area contributed by atoms with Gasteiger partial charge < -0.3 is 5.73 Å². The maximum Gasteiger partial charge on any atom is 0.129 e. The summed E-state index contributed by atoms with van der Waals surface area (Å²) in [7, 11) is 0. The predicted molar refractivity (Wildman–Crippen MR) is 60.7 cm³/mol. The third-order valence-corrected chi connectivity index (χ3v) is 3.38. The topological polar surface area (TPSA) is 26.0 Å². The summed E-state index contributed by atoms with van der Waals surface area (Å²) in [4.78, 5) is 1.01. The van der Waals surface area contributed by atoms with Gasteiger partial charge in [-0.15, -0.1) is 11.8 Å².